The average molecular weight is 169 g/mol. The van der Waals surface area contributed by atoms with E-state index in [0.717, 1.165) is 6.04 Å². The number of likely N-dealkylation sites (tertiary alicyclic amines) is 1. The Balaban J connectivity index is 1.80. The summed E-state index contributed by atoms with van der Waals surface area (Å²) in [6.07, 6.45) is 7.25. The zero-order valence-corrected chi connectivity index (χ0v) is 7.94. The van der Waals surface area contributed by atoms with Gasteiger partial charge in [-0.15, -0.1) is 0 Å². The van der Waals surface area contributed by atoms with E-state index < -0.39 is 0 Å². The molecule has 70 valence electrons. The Morgan fingerprint density at radius 1 is 0.917 bits per heavy atom. The van der Waals surface area contributed by atoms with Crippen molar-refractivity contribution < 1.29 is 4.90 Å². The maximum Gasteiger partial charge on any atom is 0.0899 e. The van der Waals surface area contributed by atoms with Crippen molar-refractivity contribution in [3.05, 3.63) is 0 Å². The molecule has 2 rings (SSSR count). The molecule has 0 aliphatic carbocycles. The van der Waals surface area contributed by atoms with E-state index in [4.69, 9.17) is 0 Å². The number of piperidine rings is 2. The van der Waals surface area contributed by atoms with Crippen LogP contribution in [0.3, 0.4) is 0 Å². The van der Waals surface area contributed by atoms with E-state index in [0.29, 0.717) is 0 Å². The Bertz CT molecular complexity index is 108. The lowest BCUT2D eigenvalue weighted by Gasteiger charge is -2.33. The molecule has 0 amide bonds. The molecule has 0 aromatic rings. The van der Waals surface area contributed by atoms with E-state index >= 15 is 0 Å². The van der Waals surface area contributed by atoms with Crippen LogP contribution in [0.2, 0.25) is 0 Å². The van der Waals surface area contributed by atoms with E-state index in [2.05, 4.69) is 5.32 Å². The number of hydrogen-bond acceptors (Lipinski definition) is 1. The monoisotopic (exact) mass is 169 g/mol. The van der Waals surface area contributed by atoms with Gasteiger partial charge in [0.1, 0.15) is 0 Å². The van der Waals surface area contributed by atoms with Crippen LogP contribution < -0.4 is 10.2 Å². The quantitative estimate of drug-likeness (QED) is 0.556. The highest BCUT2D eigenvalue weighted by Gasteiger charge is 2.25. The Labute approximate surface area is 75.3 Å². The summed E-state index contributed by atoms with van der Waals surface area (Å²) < 4.78 is 0. The summed E-state index contributed by atoms with van der Waals surface area (Å²) in [6, 6.07) is 0.992. The molecule has 0 aromatic carbocycles. The molecule has 2 saturated heterocycles. The van der Waals surface area contributed by atoms with Gasteiger partial charge in [-0.3, -0.25) is 0 Å². The first-order valence-corrected chi connectivity index (χ1v) is 5.52. The molecule has 0 unspecified atom stereocenters. The van der Waals surface area contributed by atoms with Crippen LogP contribution in [0.1, 0.15) is 32.1 Å². The third-order valence-electron chi connectivity index (χ3n) is 3.41. The minimum Gasteiger partial charge on any atom is -0.332 e. The predicted octanol–water partition coefficient (Wildman–Crippen LogP) is -0.193. The van der Waals surface area contributed by atoms with Crippen molar-refractivity contribution in [2.75, 3.05) is 26.2 Å². The zero-order valence-electron chi connectivity index (χ0n) is 7.94. The van der Waals surface area contributed by atoms with Crippen molar-refractivity contribution >= 4 is 0 Å². The standard InChI is InChI=1S/C10H20N2/c1-2-8-12(9-3-1)10-4-6-11-7-5-10/h10-11H,1-9H2/p+1. The lowest BCUT2D eigenvalue weighted by molar-refractivity contribution is -0.931. The Hall–Kier alpha value is -0.0800. The molecule has 0 aromatic heterocycles. The molecule has 0 saturated carbocycles. The second-order valence-corrected chi connectivity index (χ2v) is 4.24. The summed E-state index contributed by atoms with van der Waals surface area (Å²) >= 11 is 0. The van der Waals surface area contributed by atoms with Gasteiger partial charge < -0.3 is 10.2 Å². The normalized spacial score (nSPS) is 29.0. The Kier molecular flexibility index (Phi) is 3.01. The van der Waals surface area contributed by atoms with Gasteiger partial charge >= 0.3 is 0 Å². The molecule has 0 spiro atoms. The average Bonchev–Trinajstić information content (AvgIpc) is 2.21. The predicted molar refractivity (Wildman–Crippen MR) is 50.4 cm³/mol. The smallest absolute Gasteiger partial charge is 0.0899 e. The van der Waals surface area contributed by atoms with Crippen LogP contribution in [0.5, 0.6) is 0 Å². The molecular weight excluding hydrogens is 148 g/mol. The summed E-state index contributed by atoms with van der Waals surface area (Å²) in [6.45, 7) is 5.41. The van der Waals surface area contributed by atoms with Crippen LogP contribution in [0.15, 0.2) is 0 Å². The molecular formula is C10H21N2+. The summed E-state index contributed by atoms with van der Waals surface area (Å²) in [5.41, 5.74) is 0. The van der Waals surface area contributed by atoms with Crippen LogP contribution >= 0.6 is 0 Å². The summed E-state index contributed by atoms with van der Waals surface area (Å²) in [5, 5.41) is 3.44. The van der Waals surface area contributed by atoms with Gasteiger partial charge in [0, 0.05) is 25.9 Å². The third kappa shape index (κ3) is 1.99. The molecule has 2 heteroatoms. The zero-order chi connectivity index (χ0) is 8.23. The largest absolute Gasteiger partial charge is 0.332 e. The van der Waals surface area contributed by atoms with E-state index in [9.17, 15) is 0 Å². The third-order valence-corrected chi connectivity index (χ3v) is 3.41. The highest BCUT2D eigenvalue weighted by atomic mass is 15.2. The highest BCUT2D eigenvalue weighted by Crippen LogP contribution is 2.02. The molecule has 2 N–H and O–H groups in total. The Morgan fingerprint density at radius 2 is 1.58 bits per heavy atom. The van der Waals surface area contributed by atoms with Crippen molar-refractivity contribution in [3.63, 3.8) is 0 Å². The van der Waals surface area contributed by atoms with E-state index in [1.165, 1.54) is 58.3 Å². The molecule has 2 heterocycles. The van der Waals surface area contributed by atoms with E-state index in [1.54, 1.807) is 0 Å². The van der Waals surface area contributed by atoms with Crippen LogP contribution in [0, 0.1) is 0 Å². The molecule has 12 heavy (non-hydrogen) atoms. The van der Waals surface area contributed by atoms with Gasteiger partial charge in [-0.25, -0.2) is 0 Å². The van der Waals surface area contributed by atoms with Gasteiger partial charge in [-0.2, -0.15) is 0 Å². The van der Waals surface area contributed by atoms with Crippen LogP contribution in [-0.4, -0.2) is 32.2 Å². The van der Waals surface area contributed by atoms with Gasteiger partial charge in [0.25, 0.3) is 0 Å². The van der Waals surface area contributed by atoms with Gasteiger partial charge in [-0.1, -0.05) is 0 Å². The molecule has 2 aliphatic heterocycles. The first-order chi connectivity index (χ1) is 5.97. The Morgan fingerprint density at radius 3 is 2.25 bits per heavy atom. The van der Waals surface area contributed by atoms with Crippen molar-refractivity contribution in [1.82, 2.24) is 5.32 Å². The fourth-order valence-electron chi connectivity index (χ4n) is 2.64. The summed E-state index contributed by atoms with van der Waals surface area (Å²) in [4.78, 5) is 1.91. The maximum absolute atomic E-state index is 3.44. The molecule has 2 nitrogen and oxygen atoms in total. The van der Waals surface area contributed by atoms with Gasteiger partial charge in [0.15, 0.2) is 0 Å². The van der Waals surface area contributed by atoms with Gasteiger partial charge in [0.2, 0.25) is 0 Å². The SMILES string of the molecule is C1CC[NH+](C2CCNCC2)CC1. The lowest BCUT2D eigenvalue weighted by Crippen LogP contribution is -3.16. The van der Waals surface area contributed by atoms with Gasteiger partial charge in [0.05, 0.1) is 19.1 Å². The van der Waals surface area contributed by atoms with Crippen molar-refractivity contribution in [2.45, 2.75) is 38.1 Å². The van der Waals surface area contributed by atoms with E-state index in [1.807, 2.05) is 4.90 Å². The summed E-state index contributed by atoms with van der Waals surface area (Å²) in [7, 11) is 0. The number of rotatable bonds is 1. The van der Waals surface area contributed by atoms with Gasteiger partial charge in [-0.05, 0) is 19.3 Å². The maximum atomic E-state index is 3.44. The van der Waals surface area contributed by atoms with E-state index in [-0.39, 0.29) is 0 Å². The van der Waals surface area contributed by atoms with Crippen LogP contribution in [0.25, 0.3) is 0 Å². The molecule has 0 radical (unpaired) electrons. The van der Waals surface area contributed by atoms with Crippen LogP contribution in [0.4, 0.5) is 0 Å². The first kappa shape index (κ1) is 8.52. The fraction of sp³-hybridized carbons (Fsp3) is 1.00. The number of hydrogen-bond donors (Lipinski definition) is 2. The summed E-state index contributed by atoms with van der Waals surface area (Å²) in [5.74, 6) is 0. The minimum atomic E-state index is 0.992. The molecule has 2 aliphatic rings. The first-order valence-electron chi connectivity index (χ1n) is 5.52. The van der Waals surface area contributed by atoms with Crippen molar-refractivity contribution in [3.8, 4) is 0 Å². The molecule has 0 bridgehead atoms. The number of quaternary nitrogens is 1. The van der Waals surface area contributed by atoms with Crippen LogP contribution in [-0.2, 0) is 0 Å². The number of nitrogens with one attached hydrogen (secondary N) is 2. The second-order valence-electron chi connectivity index (χ2n) is 4.24. The topological polar surface area (TPSA) is 16.5 Å². The molecule has 0 atom stereocenters. The molecule has 2 fully saturated rings. The fourth-order valence-corrected chi connectivity index (χ4v) is 2.64. The second kappa shape index (κ2) is 4.24. The lowest BCUT2D eigenvalue weighted by atomic mass is 10.0. The highest BCUT2D eigenvalue weighted by molar-refractivity contribution is 4.67. The van der Waals surface area contributed by atoms with Crippen molar-refractivity contribution in [1.29, 1.82) is 0 Å². The minimum absolute atomic E-state index is 0.992. The van der Waals surface area contributed by atoms with Crippen molar-refractivity contribution in [2.24, 2.45) is 0 Å².